The molecule has 0 spiro atoms. The normalized spacial score (nSPS) is 36.4. The number of hydrogen-bond donors (Lipinski definition) is 3. The van der Waals surface area contributed by atoms with Crippen LogP contribution in [0.25, 0.3) is 22.3 Å². The highest BCUT2D eigenvalue weighted by molar-refractivity contribution is 8.07. The Bertz CT molecular complexity index is 1920. The van der Waals surface area contributed by atoms with E-state index < -0.39 is 66.9 Å². The van der Waals surface area contributed by atoms with Gasteiger partial charge in [-0.25, -0.2) is 24.3 Å². The molecule has 2 aliphatic heterocycles. The fourth-order valence-corrected chi connectivity index (χ4v) is 7.81. The molecule has 0 amide bonds. The first kappa shape index (κ1) is 30.0. The summed E-state index contributed by atoms with van der Waals surface area (Å²) in [4.78, 5) is 52.9. The van der Waals surface area contributed by atoms with Gasteiger partial charge in [-0.05, 0) is 11.8 Å². The lowest BCUT2D eigenvalue weighted by molar-refractivity contribution is -0.173. The molecule has 3 aliphatic rings. The van der Waals surface area contributed by atoms with E-state index in [1.807, 2.05) is 0 Å². The van der Waals surface area contributed by atoms with Crippen LogP contribution in [-0.4, -0.2) is 97.1 Å². The van der Waals surface area contributed by atoms with Crippen LogP contribution in [0, 0.1) is 0 Å². The lowest BCUT2D eigenvalue weighted by atomic mass is 10.1. The summed E-state index contributed by atoms with van der Waals surface area (Å²) >= 11 is 9.64. The highest BCUT2D eigenvalue weighted by atomic mass is 32.5. The predicted molar refractivity (Wildman–Crippen MR) is 154 cm³/mol. The van der Waals surface area contributed by atoms with E-state index in [-0.39, 0.29) is 40.9 Å². The van der Waals surface area contributed by atoms with Crippen molar-refractivity contribution in [2.24, 2.45) is 14.1 Å². The number of aromatic nitrogens is 8. The fourth-order valence-electron chi connectivity index (χ4n) is 5.79. The Morgan fingerprint density at radius 3 is 2.20 bits per heavy atom. The molecule has 44 heavy (non-hydrogen) atoms. The zero-order chi connectivity index (χ0) is 31.1. The number of aliphatic hydroxyl groups excluding tert-OH is 1. The summed E-state index contributed by atoms with van der Waals surface area (Å²) in [5, 5.41) is 11.2. The Morgan fingerprint density at radius 1 is 0.932 bits per heavy atom. The van der Waals surface area contributed by atoms with Crippen molar-refractivity contribution < 1.29 is 37.6 Å². The second-order valence-electron chi connectivity index (χ2n) is 10.7. The number of ether oxygens (including phenoxy) is 3. The molecule has 2 bridgehead atoms. The summed E-state index contributed by atoms with van der Waals surface area (Å²) < 4.78 is 50.5. The Labute approximate surface area is 256 Å². The Morgan fingerprint density at radius 2 is 1.55 bits per heavy atom. The van der Waals surface area contributed by atoms with Crippen molar-refractivity contribution in [2.75, 3.05) is 6.61 Å². The van der Waals surface area contributed by atoms with E-state index in [2.05, 4.69) is 32.6 Å². The number of aryl methyl sites for hydroxylation is 2. The van der Waals surface area contributed by atoms with Crippen LogP contribution in [0.3, 0.4) is 0 Å². The van der Waals surface area contributed by atoms with E-state index >= 15 is 4.39 Å². The standard InChI is InChI=1S/C23H26FN8O9PS2/c1-29-5-27-18-13(20(29)34)25-7-31(18)9-3-10-15(33)16(9)39-23(43)37-4-11-17(41-42(36,44)40-10)12(24)22(38-11)32-8-26-14-19(32)28-6-30(2)21(14)35/h5-12,15-17,22-23,33,43H,3-4H2,1-2H3,(H,36,44)/t9-,10+,11-,12-,15-,16+,17-,22-,23?,42?/m1/s1. The van der Waals surface area contributed by atoms with Gasteiger partial charge >= 0.3 is 6.72 Å². The maximum absolute atomic E-state index is 16.1. The number of hydrogen-bond acceptors (Lipinski definition) is 14. The Kier molecular flexibility index (Phi) is 7.51. The highest BCUT2D eigenvalue weighted by Crippen LogP contribution is 2.53. The lowest BCUT2D eigenvalue weighted by Crippen LogP contribution is -2.40. The summed E-state index contributed by atoms with van der Waals surface area (Å²) in [7, 11) is 3.05. The predicted octanol–water partition coefficient (Wildman–Crippen LogP) is -0.569. The molecule has 1 saturated carbocycles. The molecule has 4 aromatic rings. The van der Waals surface area contributed by atoms with Crippen molar-refractivity contribution in [1.29, 1.82) is 0 Å². The molecule has 0 aromatic carbocycles. The minimum atomic E-state index is -4.24. The van der Waals surface area contributed by atoms with Gasteiger partial charge in [0, 0.05) is 20.5 Å². The number of thiol groups is 1. The molecule has 7 rings (SSSR count). The van der Waals surface area contributed by atoms with Crippen LogP contribution >= 0.6 is 19.3 Å². The number of fused-ring (bicyclic) bond motifs is 5. The molecule has 21 heteroatoms. The lowest BCUT2D eigenvalue weighted by Gasteiger charge is -2.30. The quantitative estimate of drug-likeness (QED) is 0.181. The topological polar surface area (TPSA) is 192 Å². The van der Waals surface area contributed by atoms with Gasteiger partial charge in [-0.3, -0.25) is 18.7 Å². The molecule has 0 radical (unpaired) electrons. The number of rotatable bonds is 2. The summed E-state index contributed by atoms with van der Waals surface area (Å²) in [5.41, 5.74) is -1.61. The van der Waals surface area contributed by atoms with Gasteiger partial charge in [0.2, 0.25) is 5.62 Å². The zero-order valence-corrected chi connectivity index (χ0v) is 25.5. The van der Waals surface area contributed by atoms with Crippen molar-refractivity contribution in [3.63, 3.8) is 0 Å². The van der Waals surface area contributed by atoms with Crippen molar-refractivity contribution >= 4 is 53.5 Å². The third-order valence-corrected chi connectivity index (χ3v) is 9.79. The minimum absolute atomic E-state index is 0.00842. The SMILES string of the molecule is Cn1cnc2c(ncn2[C@@H]2C[C@@H]3OP(O)(=S)O[C@H]4[C@@H](F)[C@H](n5cnc6c(=O)n(C)cnc65)O[C@@H]4COC(S)O[C@@H]2[C@@H]3O)c1=O. The minimum Gasteiger partial charge on any atom is -0.388 e. The van der Waals surface area contributed by atoms with Gasteiger partial charge in [-0.15, -0.1) is 12.6 Å². The number of halogens is 1. The molecule has 1 aliphatic carbocycles. The Hall–Kier alpha value is -2.65. The summed E-state index contributed by atoms with van der Waals surface area (Å²) in [5.74, 6) is 0. The second kappa shape index (κ2) is 11.0. The summed E-state index contributed by atoms with van der Waals surface area (Å²) in [6, 6.07) is -0.711. The van der Waals surface area contributed by atoms with E-state index in [9.17, 15) is 19.6 Å². The van der Waals surface area contributed by atoms with E-state index in [0.29, 0.717) is 0 Å². The Balaban J connectivity index is 1.19. The molecular formula is C23H26FN8O9PS2. The van der Waals surface area contributed by atoms with E-state index in [1.165, 1.54) is 46.1 Å². The molecule has 3 fully saturated rings. The van der Waals surface area contributed by atoms with E-state index in [1.54, 1.807) is 11.6 Å². The highest BCUT2D eigenvalue weighted by Gasteiger charge is 2.53. The van der Waals surface area contributed by atoms with Gasteiger partial charge in [0.15, 0.2) is 34.7 Å². The zero-order valence-electron chi connectivity index (χ0n) is 22.9. The van der Waals surface area contributed by atoms with Crippen molar-refractivity contribution in [3.8, 4) is 0 Å². The van der Waals surface area contributed by atoms with Crippen LogP contribution in [0.1, 0.15) is 18.7 Å². The van der Waals surface area contributed by atoms with Gasteiger partial charge in [0.1, 0.15) is 24.4 Å². The number of imidazole rings is 2. The molecule has 17 nitrogen and oxygen atoms in total. The summed E-state index contributed by atoms with van der Waals surface area (Å²) in [6.07, 6.45) is -4.29. The first-order valence-corrected chi connectivity index (χ1v) is 16.4. The van der Waals surface area contributed by atoms with Crippen LogP contribution in [0.5, 0.6) is 0 Å². The van der Waals surface area contributed by atoms with Crippen LogP contribution in [0.4, 0.5) is 4.39 Å². The van der Waals surface area contributed by atoms with Gasteiger partial charge in [0.05, 0.1) is 44.1 Å². The fraction of sp³-hybridized carbons (Fsp3) is 0.565. The van der Waals surface area contributed by atoms with Crippen LogP contribution in [-0.2, 0) is 49.2 Å². The molecule has 2 N–H and O–H groups in total. The smallest absolute Gasteiger partial charge is 0.325 e. The molecule has 2 unspecified atom stereocenters. The van der Waals surface area contributed by atoms with Gasteiger partial charge < -0.3 is 42.4 Å². The number of nitrogens with zero attached hydrogens (tertiary/aromatic N) is 8. The van der Waals surface area contributed by atoms with Gasteiger partial charge in [-0.2, -0.15) is 0 Å². The van der Waals surface area contributed by atoms with Gasteiger partial charge in [-0.1, -0.05) is 0 Å². The van der Waals surface area contributed by atoms with Crippen molar-refractivity contribution in [3.05, 3.63) is 46.0 Å². The molecule has 6 heterocycles. The number of aliphatic hydroxyl groups is 1. The second-order valence-corrected chi connectivity index (χ2v) is 13.9. The van der Waals surface area contributed by atoms with E-state index in [4.69, 9.17) is 35.1 Å². The molecular weight excluding hydrogens is 646 g/mol. The first-order valence-electron chi connectivity index (χ1n) is 13.3. The third kappa shape index (κ3) is 4.93. The molecule has 4 aromatic heterocycles. The average molecular weight is 673 g/mol. The van der Waals surface area contributed by atoms with Crippen LogP contribution in [0.2, 0.25) is 0 Å². The third-order valence-electron chi connectivity index (χ3n) is 7.96. The van der Waals surface area contributed by atoms with Crippen molar-refractivity contribution in [2.45, 2.75) is 61.0 Å². The average Bonchev–Trinajstić information content (AvgIpc) is 3.73. The van der Waals surface area contributed by atoms with Crippen LogP contribution < -0.4 is 11.1 Å². The number of alkyl halides is 1. The maximum atomic E-state index is 16.1. The molecule has 236 valence electrons. The van der Waals surface area contributed by atoms with Crippen LogP contribution in [0.15, 0.2) is 34.9 Å². The molecule has 10 atom stereocenters. The van der Waals surface area contributed by atoms with Crippen molar-refractivity contribution in [1.82, 2.24) is 38.2 Å². The summed E-state index contributed by atoms with van der Waals surface area (Å²) in [6.45, 7) is -4.58. The largest absolute Gasteiger partial charge is 0.388 e. The maximum Gasteiger partial charge on any atom is 0.325 e. The van der Waals surface area contributed by atoms with Gasteiger partial charge in [0.25, 0.3) is 11.1 Å². The monoisotopic (exact) mass is 672 g/mol. The first-order chi connectivity index (χ1) is 20.9. The molecule has 2 saturated heterocycles. The van der Waals surface area contributed by atoms with E-state index in [0.717, 1.165) is 0 Å².